The van der Waals surface area contributed by atoms with Gasteiger partial charge in [-0.2, -0.15) is 0 Å². The van der Waals surface area contributed by atoms with Crippen molar-refractivity contribution < 1.29 is 9.18 Å². The molecule has 2 rings (SSSR count). The van der Waals surface area contributed by atoms with E-state index < -0.39 is 5.82 Å². The number of hydrogen-bond acceptors (Lipinski definition) is 4. The molecule has 0 aliphatic heterocycles. The van der Waals surface area contributed by atoms with E-state index in [9.17, 15) is 9.18 Å². The van der Waals surface area contributed by atoms with E-state index in [-0.39, 0.29) is 18.0 Å². The van der Waals surface area contributed by atoms with Crippen LogP contribution < -0.4 is 10.6 Å². The van der Waals surface area contributed by atoms with Gasteiger partial charge in [0.1, 0.15) is 17.5 Å². The Labute approximate surface area is 122 Å². The number of halogens is 1. The van der Waals surface area contributed by atoms with Crippen LogP contribution in [-0.4, -0.2) is 27.0 Å². The third kappa shape index (κ3) is 3.77. The van der Waals surface area contributed by atoms with Crippen LogP contribution in [0.4, 0.5) is 10.2 Å². The van der Waals surface area contributed by atoms with Crippen LogP contribution in [0.3, 0.4) is 0 Å². The third-order valence-corrected chi connectivity index (χ3v) is 2.97. The average molecular weight is 291 g/mol. The Morgan fingerprint density at radius 2 is 2.24 bits per heavy atom. The van der Waals surface area contributed by atoms with Crippen molar-refractivity contribution in [1.82, 2.24) is 19.9 Å². The lowest BCUT2D eigenvalue weighted by atomic mass is 10.2. The maximum atomic E-state index is 13.3. The average Bonchev–Trinajstić information content (AvgIpc) is 2.88. The lowest BCUT2D eigenvalue weighted by Gasteiger charge is -2.11. The van der Waals surface area contributed by atoms with E-state index in [4.69, 9.17) is 0 Å². The second-order valence-electron chi connectivity index (χ2n) is 4.61. The number of aromatic nitrogens is 3. The number of nitrogens with one attached hydrogen (secondary N) is 2. The van der Waals surface area contributed by atoms with Crippen molar-refractivity contribution >= 4 is 11.7 Å². The van der Waals surface area contributed by atoms with Crippen LogP contribution >= 0.6 is 0 Å². The smallest absolute Gasteiger partial charge is 0.255 e. The van der Waals surface area contributed by atoms with Gasteiger partial charge in [-0.3, -0.25) is 4.79 Å². The van der Waals surface area contributed by atoms with Crippen molar-refractivity contribution in [2.24, 2.45) is 7.05 Å². The van der Waals surface area contributed by atoms with E-state index in [0.717, 1.165) is 18.4 Å². The van der Waals surface area contributed by atoms with Gasteiger partial charge in [-0.25, -0.2) is 14.4 Å². The molecule has 6 nitrogen and oxygen atoms in total. The second-order valence-corrected chi connectivity index (χ2v) is 4.61. The van der Waals surface area contributed by atoms with Crippen LogP contribution in [-0.2, 0) is 13.6 Å². The fourth-order valence-electron chi connectivity index (χ4n) is 1.82. The molecule has 1 amide bonds. The van der Waals surface area contributed by atoms with Gasteiger partial charge in [-0.15, -0.1) is 0 Å². The molecule has 2 aromatic rings. The number of anilines is 1. The molecule has 0 aliphatic rings. The molecule has 0 fully saturated rings. The molecular weight excluding hydrogens is 273 g/mol. The zero-order valence-electron chi connectivity index (χ0n) is 12.1. The monoisotopic (exact) mass is 291 g/mol. The molecule has 0 aliphatic carbocycles. The largest absolute Gasteiger partial charge is 0.369 e. The topological polar surface area (TPSA) is 71.8 Å². The Kier molecular flexibility index (Phi) is 4.86. The lowest BCUT2D eigenvalue weighted by Crippen LogP contribution is -2.26. The SMILES string of the molecule is CCCNc1ncc(F)cc1C(=O)NCc1nccn1C. The van der Waals surface area contributed by atoms with Gasteiger partial charge in [0.15, 0.2) is 0 Å². The summed E-state index contributed by atoms with van der Waals surface area (Å²) in [6.45, 7) is 2.93. The molecule has 0 bridgehead atoms. The van der Waals surface area contributed by atoms with Gasteiger partial charge in [-0.05, 0) is 12.5 Å². The minimum atomic E-state index is -0.542. The molecule has 112 valence electrons. The molecule has 0 unspecified atom stereocenters. The Morgan fingerprint density at radius 1 is 1.43 bits per heavy atom. The van der Waals surface area contributed by atoms with Gasteiger partial charge >= 0.3 is 0 Å². The van der Waals surface area contributed by atoms with Crippen LogP contribution in [0.5, 0.6) is 0 Å². The Morgan fingerprint density at radius 3 is 2.90 bits per heavy atom. The van der Waals surface area contributed by atoms with E-state index >= 15 is 0 Å². The summed E-state index contributed by atoms with van der Waals surface area (Å²) in [5.41, 5.74) is 0.192. The van der Waals surface area contributed by atoms with Crippen LogP contribution in [0.25, 0.3) is 0 Å². The molecule has 0 saturated carbocycles. The zero-order valence-corrected chi connectivity index (χ0v) is 12.1. The molecule has 0 spiro atoms. The van der Waals surface area contributed by atoms with Crippen molar-refractivity contribution in [1.29, 1.82) is 0 Å². The Balaban J connectivity index is 2.10. The highest BCUT2D eigenvalue weighted by Gasteiger charge is 2.14. The first kappa shape index (κ1) is 15.0. The van der Waals surface area contributed by atoms with Gasteiger partial charge in [0.05, 0.1) is 18.3 Å². The van der Waals surface area contributed by atoms with Crippen molar-refractivity contribution in [3.63, 3.8) is 0 Å². The summed E-state index contributed by atoms with van der Waals surface area (Å²) in [7, 11) is 1.84. The second kappa shape index (κ2) is 6.83. The van der Waals surface area contributed by atoms with Crippen molar-refractivity contribution in [2.75, 3.05) is 11.9 Å². The van der Waals surface area contributed by atoms with Crippen molar-refractivity contribution in [3.05, 3.63) is 41.9 Å². The van der Waals surface area contributed by atoms with Gasteiger partial charge in [0.25, 0.3) is 5.91 Å². The van der Waals surface area contributed by atoms with Gasteiger partial charge in [0.2, 0.25) is 0 Å². The van der Waals surface area contributed by atoms with Crippen LogP contribution in [0.2, 0.25) is 0 Å². The highest BCUT2D eigenvalue weighted by atomic mass is 19.1. The Hall–Kier alpha value is -2.44. The van der Waals surface area contributed by atoms with Crippen LogP contribution in [0.1, 0.15) is 29.5 Å². The highest BCUT2D eigenvalue weighted by Crippen LogP contribution is 2.13. The number of nitrogens with zero attached hydrogens (tertiary/aromatic N) is 3. The first-order chi connectivity index (χ1) is 10.1. The van der Waals surface area contributed by atoms with Crippen LogP contribution in [0.15, 0.2) is 24.7 Å². The molecular formula is C14H18FN5O. The summed E-state index contributed by atoms with van der Waals surface area (Å²) in [6.07, 6.45) is 5.42. The minimum Gasteiger partial charge on any atom is -0.369 e. The molecule has 2 heterocycles. The number of carbonyl (C=O) groups is 1. The fourth-order valence-corrected chi connectivity index (χ4v) is 1.82. The number of hydrogen-bond donors (Lipinski definition) is 2. The van der Waals surface area contributed by atoms with E-state index in [1.807, 2.05) is 14.0 Å². The molecule has 0 radical (unpaired) electrons. The maximum absolute atomic E-state index is 13.3. The summed E-state index contributed by atoms with van der Waals surface area (Å²) >= 11 is 0. The summed E-state index contributed by atoms with van der Waals surface area (Å²) in [6, 6.07) is 1.18. The van der Waals surface area contributed by atoms with Gasteiger partial charge < -0.3 is 15.2 Å². The number of pyridine rings is 1. The van der Waals surface area contributed by atoms with Gasteiger partial charge in [-0.1, -0.05) is 6.92 Å². The van der Waals surface area contributed by atoms with Crippen molar-refractivity contribution in [3.8, 4) is 0 Å². The molecule has 7 heteroatoms. The Bertz CT molecular complexity index is 626. The van der Waals surface area contributed by atoms with Crippen molar-refractivity contribution in [2.45, 2.75) is 19.9 Å². The van der Waals surface area contributed by atoms with E-state index in [0.29, 0.717) is 12.4 Å². The first-order valence-corrected chi connectivity index (χ1v) is 6.75. The van der Waals surface area contributed by atoms with E-state index in [1.54, 1.807) is 17.0 Å². The molecule has 0 aromatic carbocycles. The molecule has 21 heavy (non-hydrogen) atoms. The van der Waals surface area contributed by atoms with E-state index in [2.05, 4.69) is 20.6 Å². The number of aryl methyl sites for hydroxylation is 1. The molecule has 0 saturated heterocycles. The fraction of sp³-hybridized carbons (Fsp3) is 0.357. The molecule has 2 N–H and O–H groups in total. The minimum absolute atomic E-state index is 0.192. The van der Waals surface area contributed by atoms with Gasteiger partial charge in [0, 0.05) is 26.0 Å². The summed E-state index contributed by atoms with van der Waals surface area (Å²) in [5, 5.41) is 5.73. The molecule has 2 aromatic heterocycles. The predicted octanol–water partition coefficient (Wildman–Crippen LogP) is 1.71. The number of amides is 1. The van der Waals surface area contributed by atoms with Crippen LogP contribution in [0, 0.1) is 5.82 Å². The summed E-state index contributed by atoms with van der Waals surface area (Å²) < 4.78 is 15.1. The quantitative estimate of drug-likeness (QED) is 0.850. The highest BCUT2D eigenvalue weighted by molar-refractivity contribution is 5.98. The standard InChI is InChI=1S/C14H18FN5O/c1-3-4-17-13-11(7-10(15)8-18-13)14(21)19-9-12-16-5-6-20(12)2/h5-8H,3-4,9H2,1-2H3,(H,17,18)(H,19,21). The number of rotatable bonds is 6. The van der Waals surface area contributed by atoms with E-state index in [1.165, 1.54) is 6.07 Å². The first-order valence-electron chi connectivity index (χ1n) is 6.75. The summed E-state index contributed by atoms with van der Waals surface area (Å²) in [4.78, 5) is 20.2. The normalized spacial score (nSPS) is 10.4. The summed E-state index contributed by atoms with van der Waals surface area (Å²) in [5.74, 6) is 0.175. The molecule has 0 atom stereocenters. The predicted molar refractivity (Wildman–Crippen MR) is 77.4 cm³/mol. The maximum Gasteiger partial charge on any atom is 0.255 e. The lowest BCUT2D eigenvalue weighted by molar-refractivity contribution is 0.0949. The zero-order chi connectivity index (χ0) is 15.2. The number of imidazole rings is 1. The number of carbonyl (C=O) groups excluding carboxylic acids is 1. The third-order valence-electron chi connectivity index (χ3n) is 2.97.